The van der Waals surface area contributed by atoms with E-state index < -0.39 is 6.10 Å². The zero-order valence-electron chi connectivity index (χ0n) is 19.6. The standard InChI is InChI=1S/C27H30FN5O/c1-15(29)22-10-18-4-3-9-31-25(18)21-8-7-20(28)12-23(21)16(2)34-24-11-19(14-33-27(24)30)26(22)32-13-17-5-6-17/h3-4,7-9,12,14,16-17,19H,5-6,10-11,13,29-30H2,1-2H3. The zero-order valence-corrected chi connectivity index (χ0v) is 19.6. The summed E-state index contributed by atoms with van der Waals surface area (Å²) in [6, 6.07) is 8.70. The van der Waals surface area contributed by atoms with Crippen molar-refractivity contribution in [2.45, 2.75) is 45.6 Å². The lowest BCUT2D eigenvalue weighted by molar-refractivity contribution is 0.120. The summed E-state index contributed by atoms with van der Waals surface area (Å²) < 4.78 is 20.7. The van der Waals surface area contributed by atoms with Gasteiger partial charge in [-0.2, -0.15) is 0 Å². The predicted octanol–water partition coefficient (Wildman–Crippen LogP) is 4.82. The SMILES string of the molecule is CC(N)=C1Cc2cccnc2-c2ccc(F)cc2C(C)OC2=C(N)N=CC(C2)C1=NCC1CC1. The van der Waals surface area contributed by atoms with Gasteiger partial charge in [-0.25, -0.2) is 9.38 Å². The quantitative estimate of drug-likeness (QED) is 0.672. The molecule has 1 saturated carbocycles. The number of ether oxygens (including phenoxy) is 1. The highest BCUT2D eigenvalue weighted by Gasteiger charge is 2.30. The van der Waals surface area contributed by atoms with E-state index in [0.29, 0.717) is 41.6 Å². The van der Waals surface area contributed by atoms with Crippen LogP contribution in [0.15, 0.2) is 69.4 Å². The molecule has 2 bridgehead atoms. The second kappa shape index (κ2) is 9.05. The number of fused-ring (bicyclic) bond motifs is 5. The second-order valence-electron chi connectivity index (χ2n) is 9.41. The molecule has 3 heterocycles. The van der Waals surface area contributed by atoms with Gasteiger partial charge in [0.05, 0.1) is 5.69 Å². The van der Waals surface area contributed by atoms with Crippen molar-refractivity contribution in [3.05, 3.63) is 76.3 Å². The molecule has 0 spiro atoms. The Morgan fingerprint density at radius 3 is 2.85 bits per heavy atom. The van der Waals surface area contributed by atoms with E-state index in [0.717, 1.165) is 34.7 Å². The Bertz CT molecular complexity index is 1240. The molecule has 4 N–H and O–H groups in total. The molecule has 1 aromatic carbocycles. The first-order chi connectivity index (χ1) is 16.4. The third kappa shape index (κ3) is 4.47. The van der Waals surface area contributed by atoms with Gasteiger partial charge in [-0.1, -0.05) is 6.07 Å². The molecule has 6 nitrogen and oxygen atoms in total. The van der Waals surface area contributed by atoms with Gasteiger partial charge in [0.15, 0.2) is 5.82 Å². The number of aromatic nitrogens is 1. The number of hydrogen-bond acceptors (Lipinski definition) is 6. The lowest BCUT2D eigenvalue weighted by Crippen LogP contribution is -2.28. The zero-order chi connectivity index (χ0) is 23.8. The van der Waals surface area contributed by atoms with Gasteiger partial charge < -0.3 is 16.2 Å². The molecule has 5 rings (SSSR count). The maximum absolute atomic E-state index is 14.3. The predicted molar refractivity (Wildman–Crippen MR) is 133 cm³/mol. The van der Waals surface area contributed by atoms with Gasteiger partial charge in [0, 0.05) is 60.3 Å². The first-order valence-corrected chi connectivity index (χ1v) is 11.8. The third-order valence-electron chi connectivity index (χ3n) is 6.72. The van der Waals surface area contributed by atoms with Crippen molar-refractivity contribution >= 4 is 11.9 Å². The summed E-state index contributed by atoms with van der Waals surface area (Å²) in [6.45, 7) is 4.60. The van der Waals surface area contributed by atoms with Crippen LogP contribution in [0.2, 0.25) is 0 Å². The highest BCUT2D eigenvalue weighted by molar-refractivity contribution is 6.10. The van der Waals surface area contributed by atoms with Gasteiger partial charge in [-0.3, -0.25) is 9.98 Å². The second-order valence-corrected chi connectivity index (χ2v) is 9.41. The molecule has 1 aliphatic carbocycles. The molecular formula is C27H30FN5O. The molecule has 2 aromatic rings. The first-order valence-electron chi connectivity index (χ1n) is 11.8. The Morgan fingerprint density at radius 2 is 2.09 bits per heavy atom. The van der Waals surface area contributed by atoms with E-state index in [1.807, 2.05) is 32.2 Å². The van der Waals surface area contributed by atoms with Crippen molar-refractivity contribution in [3.63, 3.8) is 0 Å². The average Bonchev–Trinajstić information content (AvgIpc) is 3.64. The fourth-order valence-electron chi connectivity index (χ4n) is 4.65. The smallest absolute Gasteiger partial charge is 0.161 e. The van der Waals surface area contributed by atoms with Crippen LogP contribution in [-0.4, -0.2) is 23.5 Å². The Labute approximate surface area is 199 Å². The van der Waals surface area contributed by atoms with Crippen molar-refractivity contribution in [2.75, 3.05) is 6.54 Å². The Hall–Kier alpha value is -3.48. The van der Waals surface area contributed by atoms with Crippen LogP contribution in [0.1, 0.15) is 50.3 Å². The summed E-state index contributed by atoms with van der Waals surface area (Å²) in [7, 11) is 0. The van der Waals surface area contributed by atoms with E-state index in [1.54, 1.807) is 12.3 Å². The summed E-state index contributed by atoms with van der Waals surface area (Å²) in [5, 5.41) is 0. The summed E-state index contributed by atoms with van der Waals surface area (Å²) in [5.41, 5.74) is 18.6. The molecule has 176 valence electrons. The number of halogens is 1. The Kier molecular flexibility index (Phi) is 5.94. The maximum Gasteiger partial charge on any atom is 0.161 e. The van der Waals surface area contributed by atoms with Crippen molar-refractivity contribution in [1.29, 1.82) is 0 Å². The van der Waals surface area contributed by atoms with E-state index in [1.165, 1.54) is 25.0 Å². The molecule has 3 aliphatic rings. The van der Waals surface area contributed by atoms with E-state index in [9.17, 15) is 4.39 Å². The van der Waals surface area contributed by atoms with Gasteiger partial charge in [-0.05, 0) is 68.0 Å². The minimum Gasteiger partial charge on any atom is -0.486 e. The van der Waals surface area contributed by atoms with Crippen molar-refractivity contribution in [1.82, 2.24) is 4.98 Å². The van der Waals surface area contributed by atoms with Crippen molar-refractivity contribution < 1.29 is 9.13 Å². The lowest BCUT2D eigenvalue weighted by atomic mass is 9.86. The highest BCUT2D eigenvalue weighted by atomic mass is 19.1. The van der Waals surface area contributed by atoms with Crippen LogP contribution in [0.5, 0.6) is 0 Å². The summed E-state index contributed by atoms with van der Waals surface area (Å²) in [5.74, 6) is 1.14. The van der Waals surface area contributed by atoms with E-state index in [-0.39, 0.29) is 11.7 Å². The van der Waals surface area contributed by atoms with E-state index in [4.69, 9.17) is 26.2 Å². The molecule has 34 heavy (non-hydrogen) atoms. The lowest BCUT2D eigenvalue weighted by Gasteiger charge is -2.28. The highest BCUT2D eigenvalue weighted by Crippen LogP contribution is 2.37. The average molecular weight is 460 g/mol. The van der Waals surface area contributed by atoms with Crippen LogP contribution >= 0.6 is 0 Å². The van der Waals surface area contributed by atoms with E-state index >= 15 is 0 Å². The van der Waals surface area contributed by atoms with Crippen LogP contribution in [0.25, 0.3) is 11.3 Å². The number of allylic oxidation sites excluding steroid dienone is 3. The minimum absolute atomic E-state index is 0.103. The Balaban J connectivity index is 1.71. The molecule has 1 aromatic heterocycles. The molecule has 2 atom stereocenters. The number of hydrogen-bond donors (Lipinski definition) is 2. The number of nitrogens with zero attached hydrogens (tertiary/aromatic N) is 3. The fraction of sp³-hybridized carbons (Fsp3) is 0.370. The van der Waals surface area contributed by atoms with E-state index in [2.05, 4.69) is 4.99 Å². The number of benzene rings is 1. The molecule has 0 saturated heterocycles. The van der Waals surface area contributed by atoms with Crippen LogP contribution < -0.4 is 11.5 Å². The summed E-state index contributed by atoms with van der Waals surface area (Å²) >= 11 is 0. The monoisotopic (exact) mass is 459 g/mol. The van der Waals surface area contributed by atoms with Gasteiger partial charge in [0.2, 0.25) is 0 Å². The van der Waals surface area contributed by atoms with Crippen molar-refractivity contribution in [3.8, 4) is 11.3 Å². The summed E-state index contributed by atoms with van der Waals surface area (Å²) in [6.07, 6.45) is 6.70. The molecule has 7 heteroatoms. The number of pyridine rings is 1. The largest absolute Gasteiger partial charge is 0.486 e. The first kappa shape index (κ1) is 22.3. The number of rotatable bonds is 2. The fourth-order valence-corrected chi connectivity index (χ4v) is 4.65. The molecule has 0 amide bonds. The number of aliphatic imine (C=N–C) groups is 2. The van der Waals surface area contributed by atoms with Gasteiger partial charge in [-0.15, -0.1) is 0 Å². The van der Waals surface area contributed by atoms with Crippen molar-refractivity contribution in [2.24, 2.45) is 33.3 Å². The molecule has 1 fully saturated rings. The summed E-state index contributed by atoms with van der Waals surface area (Å²) in [4.78, 5) is 14.2. The van der Waals surface area contributed by atoms with Crippen LogP contribution in [0.3, 0.4) is 0 Å². The van der Waals surface area contributed by atoms with Crippen LogP contribution in [0.4, 0.5) is 4.39 Å². The Morgan fingerprint density at radius 1 is 1.26 bits per heavy atom. The van der Waals surface area contributed by atoms with Gasteiger partial charge in [0.25, 0.3) is 0 Å². The topological polar surface area (TPSA) is 98.9 Å². The van der Waals surface area contributed by atoms with Gasteiger partial charge >= 0.3 is 0 Å². The molecule has 2 unspecified atom stereocenters. The molecular weight excluding hydrogens is 429 g/mol. The molecule has 2 aliphatic heterocycles. The third-order valence-corrected chi connectivity index (χ3v) is 6.72. The maximum atomic E-state index is 14.3. The normalized spacial score (nSPS) is 25.1. The van der Waals surface area contributed by atoms with Crippen LogP contribution in [-0.2, 0) is 11.2 Å². The number of nitrogens with two attached hydrogens (primary N) is 2. The van der Waals surface area contributed by atoms with Crippen LogP contribution in [0, 0.1) is 17.7 Å². The minimum atomic E-state index is -0.444. The van der Waals surface area contributed by atoms with Gasteiger partial charge in [0.1, 0.15) is 17.7 Å². The molecule has 0 radical (unpaired) electrons.